The Morgan fingerprint density at radius 2 is 2.00 bits per heavy atom. The lowest BCUT2D eigenvalue weighted by Crippen LogP contribution is -2.22. The average molecular weight is 345 g/mol. The maximum absolute atomic E-state index is 3.67. The minimum atomic E-state index is 0.538. The third-order valence-electron chi connectivity index (χ3n) is 2.99. The van der Waals surface area contributed by atoms with E-state index in [4.69, 9.17) is 0 Å². The molecule has 0 aromatic heterocycles. The zero-order valence-corrected chi connectivity index (χ0v) is 13.2. The van der Waals surface area contributed by atoms with Crippen LogP contribution in [0.1, 0.15) is 57.6 Å². The van der Waals surface area contributed by atoms with Gasteiger partial charge in [-0.3, -0.25) is 0 Å². The van der Waals surface area contributed by atoms with Gasteiger partial charge in [-0.1, -0.05) is 45.2 Å². The van der Waals surface area contributed by atoms with Crippen molar-refractivity contribution in [3.05, 3.63) is 33.4 Å². The van der Waals surface area contributed by atoms with Crippen molar-refractivity contribution in [1.29, 1.82) is 0 Å². The highest BCUT2D eigenvalue weighted by atomic mass is 127. The van der Waals surface area contributed by atoms with Crippen LogP contribution in [-0.2, 0) is 0 Å². The van der Waals surface area contributed by atoms with E-state index < -0.39 is 0 Å². The molecule has 0 saturated heterocycles. The minimum absolute atomic E-state index is 0.538. The number of hydrogen-bond donors (Lipinski definition) is 1. The molecule has 0 fully saturated rings. The first-order valence-corrected chi connectivity index (χ1v) is 7.84. The molecule has 1 rings (SSSR count). The number of halogens is 1. The molecule has 0 aliphatic heterocycles. The monoisotopic (exact) mass is 345 g/mol. The van der Waals surface area contributed by atoms with Crippen LogP contribution >= 0.6 is 22.6 Å². The number of unbranched alkanes of at least 4 members (excludes halogenated alkanes) is 2. The third kappa shape index (κ3) is 5.87. The van der Waals surface area contributed by atoms with Crippen molar-refractivity contribution in [3.63, 3.8) is 0 Å². The number of benzene rings is 1. The van der Waals surface area contributed by atoms with Crippen LogP contribution in [-0.4, -0.2) is 6.54 Å². The van der Waals surface area contributed by atoms with Crippen molar-refractivity contribution < 1.29 is 0 Å². The third-order valence-corrected chi connectivity index (χ3v) is 3.66. The molecule has 0 saturated carbocycles. The Bertz CT molecular complexity index is 312. The maximum Gasteiger partial charge on any atom is 0.0320 e. The van der Waals surface area contributed by atoms with Crippen LogP contribution in [0.15, 0.2) is 24.3 Å². The first-order chi connectivity index (χ1) is 8.27. The molecular weight excluding hydrogens is 321 g/mol. The van der Waals surface area contributed by atoms with E-state index in [9.17, 15) is 0 Å². The van der Waals surface area contributed by atoms with E-state index >= 15 is 0 Å². The number of rotatable bonds is 8. The van der Waals surface area contributed by atoms with Gasteiger partial charge in [0.15, 0.2) is 0 Å². The molecular formula is C15H24IN. The van der Waals surface area contributed by atoms with Gasteiger partial charge >= 0.3 is 0 Å². The highest BCUT2D eigenvalue weighted by molar-refractivity contribution is 14.1. The molecule has 0 amide bonds. The van der Waals surface area contributed by atoms with Crippen molar-refractivity contribution in [3.8, 4) is 0 Å². The molecule has 96 valence electrons. The van der Waals surface area contributed by atoms with E-state index in [1.54, 1.807) is 0 Å². The van der Waals surface area contributed by atoms with E-state index in [0.29, 0.717) is 6.04 Å². The summed E-state index contributed by atoms with van der Waals surface area (Å²) in [7, 11) is 0. The Kier molecular flexibility index (Phi) is 7.86. The highest BCUT2D eigenvalue weighted by Gasteiger charge is 2.10. The van der Waals surface area contributed by atoms with Crippen LogP contribution in [0.5, 0.6) is 0 Å². The Hall–Kier alpha value is -0.0900. The zero-order chi connectivity index (χ0) is 12.5. The summed E-state index contributed by atoms with van der Waals surface area (Å²) < 4.78 is 1.33. The van der Waals surface area contributed by atoms with Crippen molar-refractivity contribution in [2.45, 2.75) is 52.0 Å². The quantitative estimate of drug-likeness (QED) is 0.521. The molecule has 0 spiro atoms. The molecule has 0 bridgehead atoms. The predicted octanol–water partition coefficient (Wildman–Crippen LogP) is 4.91. The van der Waals surface area contributed by atoms with Gasteiger partial charge in [0.25, 0.3) is 0 Å². The summed E-state index contributed by atoms with van der Waals surface area (Å²) in [5.74, 6) is 0. The molecule has 1 N–H and O–H groups in total. The van der Waals surface area contributed by atoms with Crippen LogP contribution in [0.4, 0.5) is 0 Å². The molecule has 1 nitrogen and oxygen atoms in total. The summed E-state index contributed by atoms with van der Waals surface area (Å²) in [5.41, 5.74) is 1.45. The van der Waals surface area contributed by atoms with Crippen LogP contribution < -0.4 is 5.32 Å². The maximum atomic E-state index is 3.67. The molecule has 1 atom stereocenters. The Labute approximate surface area is 120 Å². The summed E-state index contributed by atoms with van der Waals surface area (Å²) >= 11 is 2.39. The lowest BCUT2D eigenvalue weighted by atomic mass is 10.0. The van der Waals surface area contributed by atoms with Crippen LogP contribution in [0.2, 0.25) is 0 Å². The zero-order valence-electron chi connectivity index (χ0n) is 11.0. The van der Waals surface area contributed by atoms with Crippen molar-refractivity contribution >= 4 is 22.6 Å². The average Bonchev–Trinajstić information content (AvgIpc) is 2.33. The highest BCUT2D eigenvalue weighted by Crippen LogP contribution is 2.21. The summed E-state index contributed by atoms with van der Waals surface area (Å²) in [6.07, 6.45) is 6.42. The predicted molar refractivity (Wildman–Crippen MR) is 84.3 cm³/mol. The van der Waals surface area contributed by atoms with E-state index in [-0.39, 0.29) is 0 Å². The summed E-state index contributed by atoms with van der Waals surface area (Å²) in [5, 5.41) is 3.67. The van der Waals surface area contributed by atoms with Gasteiger partial charge in [0.05, 0.1) is 0 Å². The number of nitrogens with one attached hydrogen (secondary N) is 1. The lowest BCUT2D eigenvalue weighted by Gasteiger charge is -2.19. The Balaban J connectivity index is 2.60. The summed E-state index contributed by atoms with van der Waals surface area (Å²) in [6, 6.07) is 9.42. The Morgan fingerprint density at radius 1 is 1.18 bits per heavy atom. The smallest absolute Gasteiger partial charge is 0.0320 e. The Morgan fingerprint density at radius 3 is 2.65 bits per heavy atom. The van der Waals surface area contributed by atoms with Crippen LogP contribution in [0.25, 0.3) is 0 Å². The van der Waals surface area contributed by atoms with Gasteiger partial charge in [-0.15, -0.1) is 0 Å². The van der Waals surface area contributed by atoms with E-state index in [1.165, 1.54) is 41.2 Å². The van der Waals surface area contributed by atoms with Gasteiger partial charge < -0.3 is 5.32 Å². The van der Waals surface area contributed by atoms with Gasteiger partial charge in [0, 0.05) is 9.61 Å². The lowest BCUT2D eigenvalue weighted by molar-refractivity contribution is 0.474. The van der Waals surface area contributed by atoms with E-state index in [2.05, 4.69) is 66.0 Å². The molecule has 0 radical (unpaired) electrons. The van der Waals surface area contributed by atoms with Crippen LogP contribution in [0.3, 0.4) is 0 Å². The SMILES string of the molecule is CCCCCC(NCCC)c1cccc(I)c1. The molecule has 1 aromatic carbocycles. The first-order valence-electron chi connectivity index (χ1n) is 6.76. The minimum Gasteiger partial charge on any atom is -0.310 e. The van der Waals surface area contributed by atoms with Crippen molar-refractivity contribution in [2.24, 2.45) is 0 Å². The van der Waals surface area contributed by atoms with Gasteiger partial charge in [-0.05, 0) is 59.7 Å². The van der Waals surface area contributed by atoms with Crippen molar-refractivity contribution in [2.75, 3.05) is 6.54 Å². The first kappa shape index (κ1) is 15.0. The van der Waals surface area contributed by atoms with Gasteiger partial charge in [0.2, 0.25) is 0 Å². The fourth-order valence-electron chi connectivity index (χ4n) is 2.03. The standard InChI is InChI=1S/C15H24IN/c1-3-5-6-10-15(17-11-4-2)13-8-7-9-14(16)12-13/h7-9,12,15,17H,3-6,10-11H2,1-2H3. The van der Waals surface area contributed by atoms with Gasteiger partial charge in [-0.25, -0.2) is 0 Å². The molecule has 2 heteroatoms. The molecule has 17 heavy (non-hydrogen) atoms. The summed E-state index contributed by atoms with van der Waals surface area (Å²) in [4.78, 5) is 0. The second kappa shape index (κ2) is 8.92. The van der Waals surface area contributed by atoms with Crippen molar-refractivity contribution in [1.82, 2.24) is 5.32 Å². The second-order valence-corrected chi connectivity index (χ2v) is 5.80. The topological polar surface area (TPSA) is 12.0 Å². The van der Waals surface area contributed by atoms with E-state index in [1.807, 2.05) is 0 Å². The van der Waals surface area contributed by atoms with Crippen LogP contribution in [0, 0.1) is 3.57 Å². The molecule has 0 aliphatic rings. The largest absolute Gasteiger partial charge is 0.310 e. The van der Waals surface area contributed by atoms with E-state index in [0.717, 1.165) is 6.54 Å². The molecule has 0 heterocycles. The molecule has 1 aromatic rings. The fraction of sp³-hybridized carbons (Fsp3) is 0.600. The van der Waals surface area contributed by atoms with Gasteiger partial charge in [-0.2, -0.15) is 0 Å². The normalized spacial score (nSPS) is 12.6. The fourth-order valence-corrected chi connectivity index (χ4v) is 2.59. The number of hydrogen-bond acceptors (Lipinski definition) is 1. The van der Waals surface area contributed by atoms with Gasteiger partial charge in [0.1, 0.15) is 0 Å². The molecule has 1 unspecified atom stereocenters. The molecule has 0 aliphatic carbocycles. The second-order valence-electron chi connectivity index (χ2n) is 4.56. The summed E-state index contributed by atoms with van der Waals surface area (Å²) in [6.45, 7) is 5.60.